The number of fused-ring (bicyclic) bond motifs is 2. The molecule has 184 valence electrons. The fourth-order valence-electron chi connectivity index (χ4n) is 4.79. The number of aryl methyl sites for hydroxylation is 1. The predicted molar refractivity (Wildman–Crippen MR) is 158 cm³/mol. The molecule has 6 aromatic rings. The lowest BCUT2D eigenvalue weighted by Crippen LogP contribution is -2.17. The number of para-hydroxylation sites is 2. The Kier molecular flexibility index (Phi) is 6.24. The Balaban J connectivity index is 1.62. The van der Waals surface area contributed by atoms with E-state index >= 15 is 0 Å². The summed E-state index contributed by atoms with van der Waals surface area (Å²) >= 11 is 0. The molecule has 0 aliphatic carbocycles. The maximum atomic E-state index is 6.57. The van der Waals surface area contributed by atoms with Crippen LogP contribution in [0.5, 0.6) is 0 Å². The molecule has 0 amide bonds. The van der Waals surface area contributed by atoms with Crippen molar-refractivity contribution < 1.29 is 0 Å². The minimum atomic E-state index is 0.418. The van der Waals surface area contributed by atoms with Gasteiger partial charge in [0.2, 0.25) is 0 Å². The Bertz CT molecular complexity index is 1800. The highest BCUT2D eigenvalue weighted by Crippen LogP contribution is 2.33. The number of nitrogens with two attached hydrogens (primary N) is 1. The first-order valence-corrected chi connectivity index (χ1v) is 12.6. The zero-order valence-corrected chi connectivity index (χ0v) is 21.1. The smallest absolute Gasteiger partial charge is 0.158 e. The molecule has 0 spiro atoms. The standard InChI is InChI=1S/C33H27N5/c1-38-29-19-11-10-18-28(29)36-33(38)27-21-20-24-14-8-9-17-26(24)30(27)32(35-22-23-12-4-2-5-13-23)37-31(34)25-15-6-3-7-16-25/h2-21H,22H2,1H3,(H2,34,35,37). The van der Waals surface area contributed by atoms with Crippen molar-refractivity contribution in [2.24, 2.45) is 22.8 Å². The van der Waals surface area contributed by atoms with Crippen LogP contribution >= 0.6 is 0 Å². The lowest BCUT2D eigenvalue weighted by atomic mass is 9.97. The SMILES string of the molecule is Cn1c(-c2ccc3ccccc3c2C(N=C(N)c2ccccc2)=NCc2ccccc2)nc2ccccc21. The molecule has 0 aliphatic heterocycles. The number of hydrogen-bond donors (Lipinski definition) is 1. The van der Waals surface area contributed by atoms with Gasteiger partial charge in [-0.1, -0.05) is 103 Å². The molecule has 0 saturated heterocycles. The number of nitrogens with zero attached hydrogens (tertiary/aromatic N) is 4. The summed E-state index contributed by atoms with van der Waals surface area (Å²) in [7, 11) is 2.05. The van der Waals surface area contributed by atoms with Gasteiger partial charge in [-0.15, -0.1) is 0 Å². The van der Waals surface area contributed by atoms with E-state index in [2.05, 4.69) is 47.0 Å². The minimum absolute atomic E-state index is 0.418. The fraction of sp³-hybridized carbons (Fsp3) is 0.0606. The summed E-state index contributed by atoms with van der Waals surface area (Å²) < 4.78 is 2.13. The monoisotopic (exact) mass is 493 g/mol. The van der Waals surface area contributed by atoms with Crippen LogP contribution in [-0.2, 0) is 13.6 Å². The van der Waals surface area contributed by atoms with Crippen molar-refractivity contribution >= 4 is 33.5 Å². The Labute approximate surface area is 221 Å². The molecule has 1 aromatic heterocycles. The second-order valence-electron chi connectivity index (χ2n) is 9.18. The first-order valence-electron chi connectivity index (χ1n) is 12.6. The van der Waals surface area contributed by atoms with Gasteiger partial charge in [0, 0.05) is 23.7 Å². The number of amidine groups is 2. The highest BCUT2D eigenvalue weighted by Gasteiger charge is 2.20. The lowest BCUT2D eigenvalue weighted by molar-refractivity contribution is 0.959. The van der Waals surface area contributed by atoms with Crippen molar-refractivity contribution in [3.63, 3.8) is 0 Å². The molecule has 0 fully saturated rings. The van der Waals surface area contributed by atoms with E-state index in [1.165, 1.54) is 0 Å². The van der Waals surface area contributed by atoms with Crippen LogP contribution in [0, 0.1) is 0 Å². The molecule has 1 heterocycles. The molecule has 0 saturated carbocycles. The zero-order valence-electron chi connectivity index (χ0n) is 21.1. The molecule has 0 unspecified atom stereocenters. The van der Waals surface area contributed by atoms with Gasteiger partial charge in [0.05, 0.1) is 17.6 Å². The highest BCUT2D eigenvalue weighted by molar-refractivity contribution is 6.19. The summed E-state index contributed by atoms with van der Waals surface area (Å²) in [5.74, 6) is 1.85. The largest absolute Gasteiger partial charge is 0.383 e. The summed E-state index contributed by atoms with van der Waals surface area (Å²) in [4.78, 5) is 15.0. The number of benzene rings is 5. The van der Waals surface area contributed by atoms with E-state index in [9.17, 15) is 0 Å². The second-order valence-corrected chi connectivity index (χ2v) is 9.18. The van der Waals surface area contributed by atoms with Crippen LogP contribution in [0.2, 0.25) is 0 Å². The maximum Gasteiger partial charge on any atom is 0.158 e. The minimum Gasteiger partial charge on any atom is -0.383 e. The summed E-state index contributed by atoms with van der Waals surface area (Å²) in [5.41, 5.74) is 12.4. The zero-order chi connectivity index (χ0) is 25.9. The Morgan fingerprint density at radius 1 is 0.763 bits per heavy atom. The Hall–Kier alpha value is -5.03. The van der Waals surface area contributed by atoms with E-state index in [-0.39, 0.29) is 0 Å². The van der Waals surface area contributed by atoms with Gasteiger partial charge in [0.1, 0.15) is 11.7 Å². The molecule has 0 radical (unpaired) electrons. The van der Waals surface area contributed by atoms with E-state index in [4.69, 9.17) is 20.7 Å². The van der Waals surface area contributed by atoms with Gasteiger partial charge in [-0.3, -0.25) is 4.99 Å². The van der Waals surface area contributed by atoms with Crippen LogP contribution in [0.1, 0.15) is 16.7 Å². The summed E-state index contributed by atoms with van der Waals surface area (Å²) in [5, 5.41) is 2.15. The van der Waals surface area contributed by atoms with Crippen molar-refractivity contribution in [3.05, 3.63) is 138 Å². The van der Waals surface area contributed by atoms with E-state index in [1.807, 2.05) is 85.9 Å². The average molecular weight is 494 g/mol. The van der Waals surface area contributed by atoms with Crippen molar-refractivity contribution in [3.8, 4) is 11.4 Å². The van der Waals surface area contributed by atoms with Crippen LogP contribution < -0.4 is 5.73 Å². The van der Waals surface area contributed by atoms with Gasteiger partial charge >= 0.3 is 0 Å². The van der Waals surface area contributed by atoms with Crippen LogP contribution in [-0.4, -0.2) is 21.2 Å². The third-order valence-electron chi connectivity index (χ3n) is 6.73. The molecule has 0 atom stereocenters. The van der Waals surface area contributed by atoms with E-state index in [1.54, 1.807) is 0 Å². The molecule has 2 N–H and O–H groups in total. The van der Waals surface area contributed by atoms with Crippen molar-refractivity contribution in [2.75, 3.05) is 0 Å². The van der Waals surface area contributed by atoms with Crippen molar-refractivity contribution in [1.29, 1.82) is 0 Å². The number of hydrogen-bond acceptors (Lipinski definition) is 2. The Morgan fingerprint density at radius 2 is 1.45 bits per heavy atom. The van der Waals surface area contributed by atoms with Crippen LogP contribution in [0.3, 0.4) is 0 Å². The molecular formula is C33H27N5. The maximum absolute atomic E-state index is 6.57. The number of aromatic nitrogens is 2. The molecule has 0 aliphatic rings. The van der Waals surface area contributed by atoms with Crippen LogP contribution in [0.15, 0.2) is 131 Å². The van der Waals surface area contributed by atoms with Gasteiger partial charge < -0.3 is 10.3 Å². The number of rotatable bonds is 5. The van der Waals surface area contributed by atoms with E-state index in [0.717, 1.165) is 49.9 Å². The average Bonchev–Trinajstić information content (AvgIpc) is 3.31. The van der Waals surface area contributed by atoms with Gasteiger partial charge in [0.15, 0.2) is 5.84 Å². The lowest BCUT2D eigenvalue weighted by Gasteiger charge is -2.14. The van der Waals surface area contributed by atoms with E-state index in [0.29, 0.717) is 18.2 Å². The Morgan fingerprint density at radius 3 is 2.24 bits per heavy atom. The molecular weight excluding hydrogens is 466 g/mol. The molecule has 0 bridgehead atoms. The van der Waals surface area contributed by atoms with Crippen molar-refractivity contribution in [1.82, 2.24) is 9.55 Å². The quantitative estimate of drug-likeness (QED) is 0.213. The molecule has 5 heteroatoms. The first kappa shape index (κ1) is 23.4. The predicted octanol–water partition coefficient (Wildman–Crippen LogP) is 6.75. The third kappa shape index (κ3) is 4.46. The fourth-order valence-corrected chi connectivity index (χ4v) is 4.79. The molecule has 5 aromatic carbocycles. The van der Waals surface area contributed by atoms with E-state index < -0.39 is 0 Å². The normalized spacial score (nSPS) is 12.3. The van der Waals surface area contributed by atoms with Gasteiger partial charge in [-0.25, -0.2) is 9.98 Å². The molecule has 38 heavy (non-hydrogen) atoms. The molecule has 6 rings (SSSR count). The van der Waals surface area contributed by atoms with Crippen molar-refractivity contribution in [2.45, 2.75) is 6.54 Å². The van der Waals surface area contributed by atoms with Crippen LogP contribution in [0.25, 0.3) is 33.2 Å². The highest BCUT2D eigenvalue weighted by atomic mass is 15.1. The third-order valence-corrected chi connectivity index (χ3v) is 6.73. The summed E-state index contributed by atoms with van der Waals surface area (Å²) in [6, 6.07) is 40.7. The first-order chi connectivity index (χ1) is 18.7. The van der Waals surface area contributed by atoms with Gasteiger partial charge in [-0.05, 0) is 34.5 Å². The summed E-state index contributed by atoms with van der Waals surface area (Å²) in [6.45, 7) is 0.479. The van der Waals surface area contributed by atoms with Gasteiger partial charge in [0.25, 0.3) is 0 Å². The second kappa shape index (κ2) is 10.1. The number of imidazole rings is 1. The van der Waals surface area contributed by atoms with Gasteiger partial charge in [-0.2, -0.15) is 0 Å². The topological polar surface area (TPSA) is 68.6 Å². The molecule has 5 nitrogen and oxygen atoms in total. The number of aliphatic imine (C=N–C) groups is 2. The summed E-state index contributed by atoms with van der Waals surface area (Å²) in [6.07, 6.45) is 0. The van der Waals surface area contributed by atoms with Crippen LogP contribution in [0.4, 0.5) is 0 Å².